The van der Waals surface area contributed by atoms with Crippen LogP contribution in [0.2, 0.25) is 0 Å². The number of furan rings is 1. The second-order valence-corrected chi connectivity index (χ2v) is 4.29. The minimum absolute atomic E-state index is 0.267. The summed E-state index contributed by atoms with van der Waals surface area (Å²) in [5.74, 6) is 0.291. The first-order valence-corrected chi connectivity index (χ1v) is 6.34. The molecule has 1 amide bonds. The minimum atomic E-state index is -0.315. The first kappa shape index (κ1) is 14.0. The highest BCUT2D eigenvalue weighted by Crippen LogP contribution is 2.01. The van der Waals surface area contributed by atoms with Gasteiger partial charge in [0.25, 0.3) is 0 Å². The van der Waals surface area contributed by atoms with Gasteiger partial charge in [-0.2, -0.15) is 0 Å². The number of amides is 1. The van der Waals surface area contributed by atoms with E-state index in [1.165, 1.54) is 12.3 Å². The normalized spacial score (nSPS) is 10.4. The van der Waals surface area contributed by atoms with Crippen molar-refractivity contribution in [3.8, 4) is 0 Å². The Morgan fingerprint density at radius 3 is 3.00 bits per heavy atom. The molecule has 0 saturated carbocycles. The molecule has 0 aliphatic carbocycles. The van der Waals surface area contributed by atoms with E-state index in [1.807, 2.05) is 12.1 Å². The average Bonchev–Trinajstić information content (AvgIpc) is 2.97. The Kier molecular flexibility index (Phi) is 5.02. The zero-order chi connectivity index (χ0) is 14.2. The molecule has 2 aromatic rings. The number of aromatic nitrogens is 1. The van der Waals surface area contributed by atoms with Crippen LogP contribution in [0.4, 0.5) is 0 Å². The summed E-state index contributed by atoms with van der Waals surface area (Å²) in [6.45, 7) is 0.509. The second-order valence-electron chi connectivity index (χ2n) is 3.88. The van der Waals surface area contributed by atoms with Gasteiger partial charge in [0.2, 0.25) is 5.91 Å². The van der Waals surface area contributed by atoms with Crippen molar-refractivity contribution in [1.82, 2.24) is 15.6 Å². The van der Waals surface area contributed by atoms with Crippen molar-refractivity contribution in [3.63, 3.8) is 0 Å². The van der Waals surface area contributed by atoms with E-state index in [0.29, 0.717) is 12.3 Å². The van der Waals surface area contributed by atoms with Crippen LogP contribution in [0, 0.1) is 0 Å². The molecule has 2 N–H and O–H groups in total. The lowest BCUT2D eigenvalue weighted by Gasteiger charge is -2.07. The monoisotopic (exact) mass is 287 g/mol. The summed E-state index contributed by atoms with van der Waals surface area (Å²) in [5, 5.41) is 5.74. The molecule has 0 saturated heterocycles. The van der Waals surface area contributed by atoms with Gasteiger partial charge in [0.1, 0.15) is 5.76 Å². The van der Waals surface area contributed by atoms with Crippen molar-refractivity contribution < 1.29 is 9.21 Å². The molecule has 0 unspecified atom stereocenters. The number of rotatable bonds is 4. The van der Waals surface area contributed by atoms with Crippen molar-refractivity contribution in [2.24, 2.45) is 0 Å². The third-order valence-electron chi connectivity index (χ3n) is 2.35. The van der Waals surface area contributed by atoms with E-state index < -0.39 is 0 Å². The number of hydrogen-bond acceptors (Lipinski definition) is 4. The van der Waals surface area contributed by atoms with Crippen LogP contribution in [0.1, 0.15) is 11.3 Å². The molecule has 0 atom stereocenters. The fraction of sp³-hybridized carbons (Fsp3) is 0.0714. The highest BCUT2D eigenvalue weighted by Gasteiger charge is 2.01. The van der Waals surface area contributed by atoms with Crippen LogP contribution in [-0.4, -0.2) is 16.0 Å². The molecular formula is C14H13N3O2S. The molecule has 2 aromatic heterocycles. The Balaban J connectivity index is 1.75. The zero-order valence-electron chi connectivity index (χ0n) is 10.6. The molecule has 20 heavy (non-hydrogen) atoms. The topological polar surface area (TPSA) is 67.2 Å². The van der Waals surface area contributed by atoms with Gasteiger partial charge in [-0.05, 0) is 42.1 Å². The molecule has 2 heterocycles. The summed E-state index contributed by atoms with van der Waals surface area (Å²) in [5.41, 5.74) is 0.982. The second kappa shape index (κ2) is 7.20. The van der Waals surface area contributed by atoms with Crippen LogP contribution in [0.5, 0.6) is 0 Å². The van der Waals surface area contributed by atoms with Crippen molar-refractivity contribution in [2.75, 3.05) is 0 Å². The Labute approximate surface area is 121 Å². The molecule has 0 aliphatic heterocycles. The SMILES string of the molecule is O=C(C=Cc1ccco1)NC(=S)NCc1cccnc1. The van der Waals surface area contributed by atoms with Gasteiger partial charge in [0, 0.05) is 25.0 Å². The standard InChI is InChI=1S/C14H13N3O2S/c18-13(6-5-12-4-2-8-19-12)17-14(20)16-10-11-3-1-7-15-9-11/h1-9H,10H2,(H2,16,17,18,20). The van der Waals surface area contributed by atoms with E-state index in [4.69, 9.17) is 16.6 Å². The fourth-order valence-electron chi connectivity index (χ4n) is 1.43. The lowest BCUT2D eigenvalue weighted by Crippen LogP contribution is -2.37. The van der Waals surface area contributed by atoms with E-state index in [0.717, 1.165) is 5.56 Å². The Hall–Kier alpha value is -2.47. The number of nitrogens with zero attached hydrogens (tertiary/aromatic N) is 1. The van der Waals surface area contributed by atoms with E-state index in [1.54, 1.807) is 30.6 Å². The summed E-state index contributed by atoms with van der Waals surface area (Å²) in [7, 11) is 0. The van der Waals surface area contributed by atoms with Crippen molar-refractivity contribution >= 4 is 29.3 Å². The Bertz CT molecular complexity index is 594. The largest absolute Gasteiger partial charge is 0.465 e. The van der Waals surface area contributed by atoms with Crippen LogP contribution in [-0.2, 0) is 11.3 Å². The number of pyridine rings is 1. The smallest absolute Gasteiger partial charge is 0.250 e. The molecule has 0 aromatic carbocycles. The minimum Gasteiger partial charge on any atom is -0.465 e. The Morgan fingerprint density at radius 1 is 1.40 bits per heavy atom. The first-order chi connectivity index (χ1) is 9.74. The fourth-order valence-corrected chi connectivity index (χ4v) is 1.60. The summed E-state index contributed by atoms with van der Waals surface area (Å²) >= 11 is 5.02. The van der Waals surface area contributed by atoms with Crippen LogP contribution < -0.4 is 10.6 Å². The summed E-state index contributed by atoms with van der Waals surface area (Å²) in [4.78, 5) is 15.6. The molecule has 102 valence electrons. The maximum absolute atomic E-state index is 11.6. The quantitative estimate of drug-likeness (QED) is 0.664. The molecule has 0 fully saturated rings. The maximum atomic E-state index is 11.6. The number of carbonyl (C=O) groups excluding carboxylic acids is 1. The summed E-state index contributed by atoms with van der Waals surface area (Å²) in [6, 6.07) is 7.26. The van der Waals surface area contributed by atoms with Crippen molar-refractivity contribution in [1.29, 1.82) is 0 Å². The molecule has 0 spiro atoms. The van der Waals surface area contributed by atoms with Crippen molar-refractivity contribution in [3.05, 3.63) is 60.3 Å². The zero-order valence-corrected chi connectivity index (χ0v) is 11.4. The molecular weight excluding hydrogens is 274 g/mol. The van der Waals surface area contributed by atoms with Gasteiger partial charge >= 0.3 is 0 Å². The van der Waals surface area contributed by atoms with Gasteiger partial charge in [-0.15, -0.1) is 0 Å². The highest BCUT2D eigenvalue weighted by atomic mass is 32.1. The number of thiocarbonyl (C=S) groups is 1. The van der Waals surface area contributed by atoms with Gasteiger partial charge in [0.15, 0.2) is 5.11 Å². The number of nitrogens with one attached hydrogen (secondary N) is 2. The van der Waals surface area contributed by atoms with Gasteiger partial charge in [-0.3, -0.25) is 15.1 Å². The Morgan fingerprint density at radius 2 is 2.30 bits per heavy atom. The van der Waals surface area contributed by atoms with Crippen molar-refractivity contribution in [2.45, 2.75) is 6.54 Å². The third kappa shape index (κ3) is 4.66. The average molecular weight is 287 g/mol. The van der Waals surface area contributed by atoms with E-state index in [9.17, 15) is 4.79 Å². The molecule has 2 rings (SSSR count). The molecule has 6 heteroatoms. The summed E-state index contributed by atoms with van der Waals surface area (Å²) < 4.78 is 5.07. The first-order valence-electron chi connectivity index (χ1n) is 5.93. The van der Waals surface area contributed by atoms with E-state index >= 15 is 0 Å². The summed E-state index contributed by atoms with van der Waals surface area (Å²) in [6.07, 6.45) is 7.89. The molecule has 5 nitrogen and oxygen atoms in total. The van der Waals surface area contributed by atoms with Crippen LogP contribution in [0.3, 0.4) is 0 Å². The molecule has 0 aliphatic rings. The van der Waals surface area contributed by atoms with Crippen LogP contribution in [0.15, 0.2) is 53.4 Å². The van der Waals surface area contributed by atoms with Crippen LogP contribution in [0.25, 0.3) is 6.08 Å². The maximum Gasteiger partial charge on any atom is 0.250 e. The third-order valence-corrected chi connectivity index (χ3v) is 2.60. The predicted octanol–water partition coefficient (Wildman–Crippen LogP) is 1.88. The number of carbonyl (C=O) groups is 1. The molecule has 0 radical (unpaired) electrons. The number of hydrogen-bond donors (Lipinski definition) is 2. The van der Waals surface area contributed by atoms with Gasteiger partial charge in [-0.1, -0.05) is 6.07 Å². The van der Waals surface area contributed by atoms with Gasteiger partial charge in [-0.25, -0.2) is 0 Å². The van der Waals surface area contributed by atoms with E-state index in [2.05, 4.69) is 15.6 Å². The van der Waals surface area contributed by atoms with Crippen LogP contribution >= 0.6 is 12.2 Å². The van der Waals surface area contributed by atoms with Gasteiger partial charge in [0.05, 0.1) is 6.26 Å². The van der Waals surface area contributed by atoms with E-state index in [-0.39, 0.29) is 11.0 Å². The lowest BCUT2D eigenvalue weighted by molar-refractivity contribution is -0.115. The lowest BCUT2D eigenvalue weighted by atomic mass is 10.3. The molecule has 0 bridgehead atoms. The highest BCUT2D eigenvalue weighted by molar-refractivity contribution is 7.80. The predicted molar refractivity (Wildman–Crippen MR) is 79.6 cm³/mol. The van der Waals surface area contributed by atoms with Gasteiger partial charge < -0.3 is 9.73 Å².